The van der Waals surface area contributed by atoms with E-state index in [4.69, 9.17) is 5.73 Å². The first-order valence-electron chi connectivity index (χ1n) is 7.70. The minimum absolute atomic E-state index is 0.0175. The van der Waals surface area contributed by atoms with E-state index in [0.29, 0.717) is 23.0 Å². The van der Waals surface area contributed by atoms with Crippen LogP contribution < -0.4 is 5.73 Å². The maximum Gasteiger partial charge on any atom is 0.375 e. The number of fused-ring (bicyclic) bond motifs is 1. The molecular formula is C14H17N5O5S2. The molecule has 1 amide bonds. The third-order valence-corrected chi connectivity index (χ3v) is 6.27. The van der Waals surface area contributed by atoms with E-state index in [9.17, 15) is 19.5 Å². The Labute approximate surface area is 157 Å². The van der Waals surface area contributed by atoms with Crippen LogP contribution in [-0.4, -0.2) is 72.6 Å². The van der Waals surface area contributed by atoms with Crippen LogP contribution in [0.25, 0.3) is 0 Å². The van der Waals surface area contributed by atoms with Gasteiger partial charge in [-0.1, -0.05) is 11.8 Å². The zero-order chi connectivity index (χ0) is 19.0. The van der Waals surface area contributed by atoms with Crippen molar-refractivity contribution in [1.29, 1.82) is 0 Å². The highest BCUT2D eigenvalue weighted by Crippen LogP contribution is 2.40. The number of thioether (sulfide) groups is 2. The number of carbonyl (C=O) groups is 3. The number of aliphatic carboxylic acids is 1. The van der Waals surface area contributed by atoms with Crippen molar-refractivity contribution < 1.29 is 24.2 Å². The van der Waals surface area contributed by atoms with E-state index in [1.54, 1.807) is 0 Å². The van der Waals surface area contributed by atoms with Crippen molar-refractivity contribution in [3.05, 3.63) is 17.1 Å². The molecular weight excluding hydrogens is 382 g/mol. The average Bonchev–Trinajstić information content (AvgIpc) is 3.07. The number of carboxylic acids is 1. The Bertz CT molecular complexity index is 808. The molecule has 26 heavy (non-hydrogen) atoms. The summed E-state index contributed by atoms with van der Waals surface area (Å²) in [5.74, 6) is -1.30. The summed E-state index contributed by atoms with van der Waals surface area (Å²) in [7, 11) is 1.26. The molecule has 0 bridgehead atoms. The maximum absolute atomic E-state index is 11.9. The predicted molar refractivity (Wildman–Crippen MR) is 93.5 cm³/mol. The van der Waals surface area contributed by atoms with E-state index < -0.39 is 18.0 Å². The van der Waals surface area contributed by atoms with Crippen LogP contribution in [0.15, 0.2) is 16.4 Å². The molecule has 140 valence electrons. The van der Waals surface area contributed by atoms with Gasteiger partial charge in [-0.15, -0.1) is 16.9 Å². The second-order valence-corrected chi connectivity index (χ2v) is 7.55. The molecule has 0 saturated carbocycles. The number of methoxy groups -OCH3 is 1. The molecule has 1 aromatic rings. The standard InChI is InChI=1S/C14H17N5O5S2/c1-3-18-9(13(23)24-2)16-14(17-18)26-5-6-4-25-11-7(15)10(20)19(11)8(6)12(21)22/h7,11H,3-5,15H2,1-2H3,(H,21,22)/t7-,11-/m1/s1. The van der Waals surface area contributed by atoms with Gasteiger partial charge in [-0.3, -0.25) is 9.69 Å². The molecule has 3 rings (SSSR count). The van der Waals surface area contributed by atoms with Crippen LogP contribution in [0.1, 0.15) is 17.5 Å². The Balaban J connectivity index is 1.80. The summed E-state index contributed by atoms with van der Waals surface area (Å²) in [6.45, 7) is 2.26. The van der Waals surface area contributed by atoms with Crippen molar-refractivity contribution in [3.8, 4) is 0 Å². The Kier molecular flexibility index (Phi) is 5.25. The van der Waals surface area contributed by atoms with Crippen LogP contribution in [-0.2, 0) is 20.9 Å². The first kappa shape index (κ1) is 18.7. The number of nitrogens with zero attached hydrogens (tertiary/aromatic N) is 4. The van der Waals surface area contributed by atoms with Gasteiger partial charge < -0.3 is 15.6 Å². The van der Waals surface area contributed by atoms with Crippen molar-refractivity contribution >= 4 is 41.4 Å². The van der Waals surface area contributed by atoms with Gasteiger partial charge in [0.25, 0.3) is 0 Å². The lowest BCUT2D eigenvalue weighted by molar-refractivity contribution is -0.147. The van der Waals surface area contributed by atoms with E-state index in [0.717, 1.165) is 0 Å². The Morgan fingerprint density at radius 1 is 1.50 bits per heavy atom. The van der Waals surface area contributed by atoms with Crippen molar-refractivity contribution in [2.75, 3.05) is 18.6 Å². The number of esters is 1. The Morgan fingerprint density at radius 2 is 2.23 bits per heavy atom. The quantitative estimate of drug-likeness (QED) is 0.374. The highest BCUT2D eigenvalue weighted by Gasteiger charge is 2.51. The van der Waals surface area contributed by atoms with Crippen molar-refractivity contribution in [2.45, 2.75) is 30.0 Å². The molecule has 12 heteroatoms. The second kappa shape index (κ2) is 7.29. The summed E-state index contributed by atoms with van der Waals surface area (Å²) in [4.78, 5) is 40.7. The fourth-order valence-corrected chi connectivity index (χ4v) is 4.96. The minimum Gasteiger partial charge on any atom is -0.477 e. The van der Waals surface area contributed by atoms with E-state index in [-0.39, 0.29) is 28.6 Å². The molecule has 2 aliphatic rings. The van der Waals surface area contributed by atoms with Crippen LogP contribution in [0.2, 0.25) is 0 Å². The van der Waals surface area contributed by atoms with E-state index in [1.807, 2.05) is 6.92 Å². The van der Waals surface area contributed by atoms with Crippen molar-refractivity contribution in [2.24, 2.45) is 5.73 Å². The summed E-state index contributed by atoms with van der Waals surface area (Å²) in [6, 6.07) is -0.659. The molecule has 1 aromatic heterocycles. The van der Waals surface area contributed by atoms with Crippen LogP contribution in [0, 0.1) is 0 Å². The van der Waals surface area contributed by atoms with Crippen LogP contribution in [0.5, 0.6) is 0 Å². The minimum atomic E-state index is -1.16. The third-order valence-electron chi connectivity index (χ3n) is 3.99. The number of carboxylic acid groups (broad SMARTS) is 1. The largest absolute Gasteiger partial charge is 0.477 e. The van der Waals surface area contributed by atoms with E-state index >= 15 is 0 Å². The summed E-state index contributed by atoms with van der Waals surface area (Å²) in [5, 5.41) is 13.7. The molecule has 1 saturated heterocycles. The molecule has 3 N–H and O–H groups in total. The lowest BCUT2D eigenvalue weighted by Gasteiger charge is -2.48. The number of aromatic nitrogens is 3. The van der Waals surface area contributed by atoms with Crippen LogP contribution in [0.3, 0.4) is 0 Å². The van der Waals surface area contributed by atoms with Gasteiger partial charge in [0, 0.05) is 18.1 Å². The molecule has 1 fully saturated rings. The van der Waals surface area contributed by atoms with Crippen molar-refractivity contribution in [3.63, 3.8) is 0 Å². The molecule has 0 radical (unpaired) electrons. The zero-order valence-electron chi connectivity index (χ0n) is 14.0. The topological polar surface area (TPSA) is 141 Å². The lowest BCUT2D eigenvalue weighted by atomic mass is 10.0. The van der Waals surface area contributed by atoms with Gasteiger partial charge in [0.05, 0.1) is 7.11 Å². The van der Waals surface area contributed by atoms with Crippen LogP contribution in [0.4, 0.5) is 0 Å². The second-order valence-electron chi connectivity index (χ2n) is 5.51. The number of rotatable bonds is 6. The summed E-state index contributed by atoms with van der Waals surface area (Å²) < 4.78 is 6.09. The highest BCUT2D eigenvalue weighted by atomic mass is 32.2. The van der Waals surface area contributed by atoms with Gasteiger partial charge in [0.15, 0.2) is 0 Å². The van der Waals surface area contributed by atoms with Gasteiger partial charge in [-0.25, -0.2) is 14.3 Å². The molecule has 0 aromatic carbocycles. The normalized spacial score (nSPS) is 22.1. The predicted octanol–water partition coefficient (Wildman–Crippen LogP) is -0.242. The molecule has 2 atom stereocenters. The van der Waals surface area contributed by atoms with Gasteiger partial charge >= 0.3 is 11.9 Å². The number of carbonyl (C=O) groups excluding carboxylic acids is 2. The van der Waals surface area contributed by atoms with Crippen molar-refractivity contribution in [1.82, 2.24) is 19.7 Å². The molecule has 2 aliphatic heterocycles. The number of amides is 1. The number of hydrogen-bond acceptors (Lipinski definition) is 9. The smallest absolute Gasteiger partial charge is 0.375 e. The number of ether oxygens (including phenoxy) is 1. The number of β-lactam (4-membered cyclic amide) rings is 1. The third kappa shape index (κ3) is 3.08. The fraction of sp³-hybridized carbons (Fsp3) is 0.500. The molecule has 3 heterocycles. The van der Waals surface area contributed by atoms with Gasteiger partial charge in [0.2, 0.25) is 16.9 Å². The fourth-order valence-electron chi connectivity index (χ4n) is 2.69. The summed E-state index contributed by atoms with van der Waals surface area (Å²) in [6.07, 6.45) is 0. The first-order valence-corrected chi connectivity index (χ1v) is 9.74. The monoisotopic (exact) mass is 399 g/mol. The van der Waals surface area contributed by atoms with Gasteiger partial charge in [-0.05, 0) is 12.5 Å². The molecule has 0 spiro atoms. The number of hydrogen-bond donors (Lipinski definition) is 2. The van der Waals surface area contributed by atoms with Gasteiger partial charge in [0.1, 0.15) is 17.1 Å². The molecule has 0 aliphatic carbocycles. The summed E-state index contributed by atoms with van der Waals surface area (Å²) in [5.41, 5.74) is 6.30. The van der Waals surface area contributed by atoms with E-state index in [1.165, 1.54) is 40.2 Å². The number of aryl methyl sites for hydroxylation is 1. The average molecular weight is 399 g/mol. The maximum atomic E-state index is 11.9. The molecule has 0 unspecified atom stereocenters. The van der Waals surface area contributed by atoms with E-state index in [2.05, 4.69) is 14.8 Å². The summed E-state index contributed by atoms with van der Waals surface area (Å²) >= 11 is 2.64. The first-order chi connectivity index (χ1) is 12.4. The lowest BCUT2D eigenvalue weighted by Crippen LogP contribution is -2.68. The number of nitrogens with two attached hydrogens (primary N) is 1. The SMILES string of the molecule is CCn1nc(SCC2=C(C(=O)O)N3C(=O)[C@@H](N)[C@H]3SC2)nc1C(=O)OC. The van der Waals surface area contributed by atoms with Gasteiger partial charge in [-0.2, -0.15) is 4.98 Å². The molecule has 10 nitrogen and oxygen atoms in total. The zero-order valence-corrected chi connectivity index (χ0v) is 15.7. The Morgan fingerprint density at radius 3 is 2.85 bits per heavy atom. The highest BCUT2D eigenvalue weighted by molar-refractivity contribution is 8.01. The van der Waals surface area contributed by atoms with Crippen LogP contribution >= 0.6 is 23.5 Å². The Hall–Kier alpha value is -2.05.